The summed E-state index contributed by atoms with van der Waals surface area (Å²) in [4.78, 5) is 13.6. The monoisotopic (exact) mass is 326 g/mol. The van der Waals surface area contributed by atoms with Crippen molar-refractivity contribution in [2.45, 2.75) is 19.6 Å². The summed E-state index contributed by atoms with van der Waals surface area (Å²) < 4.78 is 0.692. The Bertz CT molecular complexity index is 657. The lowest BCUT2D eigenvalue weighted by molar-refractivity contribution is -0.384. The molecular weight excluding hydrogens is 312 g/mol. The lowest BCUT2D eigenvalue weighted by atomic mass is 10.1. The second kappa shape index (κ2) is 6.43. The van der Waals surface area contributed by atoms with Gasteiger partial charge in [0.05, 0.1) is 21.9 Å². The molecule has 1 atom stereocenters. The summed E-state index contributed by atoms with van der Waals surface area (Å²) in [5.74, 6) is 0. The van der Waals surface area contributed by atoms with Crippen LogP contribution in [-0.4, -0.2) is 17.1 Å². The van der Waals surface area contributed by atoms with Crippen molar-refractivity contribution in [1.82, 2.24) is 0 Å². The molecule has 2 aromatic rings. The lowest BCUT2D eigenvalue weighted by Gasteiger charge is -2.19. The molecule has 0 spiro atoms. The van der Waals surface area contributed by atoms with Crippen molar-refractivity contribution in [3.8, 4) is 0 Å². The van der Waals surface area contributed by atoms with Gasteiger partial charge in [0, 0.05) is 18.0 Å². The molecule has 5 nitrogen and oxygen atoms in total. The number of nitro groups is 1. The molecule has 0 aliphatic rings. The van der Waals surface area contributed by atoms with Gasteiger partial charge in [-0.25, -0.2) is 0 Å². The molecule has 7 heteroatoms. The van der Waals surface area contributed by atoms with Gasteiger partial charge in [-0.05, 0) is 30.7 Å². The first-order valence-corrected chi connectivity index (χ1v) is 7.49. The normalized spacial score (nSPS) is 12.2. The van der Waals surface area contributed by atoms with Crippen LogP contribution in [0.4, 0.5) is 11.4 Å². The van der Waals surface area contributed by atoms with Gasteiger partial charge in [0.25, 0.3) is 5.69 Å². The van der Waals surface area contributed by atoms with Crippen LogP contribution in [0.1, 0.15) is 23.5 Å². The van der Waals surface area contributed by atoms with Gasteiger partial charge in [-0.15, -0.1) is 11.3 Å². The maximum atomic E-state index is 11.2. The topological polar surface area (TPSA) is 66.6 Å². The molecular formula is C14H15ClN2O3S. The Morgan fingerprint density at radius 2 is 2.14 bits per heavy atom. The van der Waals surface area contributed by atoms with Gasteiger partial charge < -0.3 is 10.0 Å². The maximum Gasteiger partial charge on any atom is 0.292 e. The minimum absolute atomic E-state index is 0.0152. The second-order valence-corrected chi connectivity index (χ2v) is 6.54. The zero-order valence-electron chi connectivity index (χ0n) is 11.6. The lowest BCUT2D eigenvalue weighted by Crippen LogP contribution is -2.17. The van der Waals surface area contributed by atoms with Crippen molar-refractivity contribution in [2.24, 2.45) is 0 Å². The standard InChI is InChI=1S/C14H15ClN2O3S/c1-9(18)10-3-5-12(13(7-10)17(19)20)16(2)8-11-4-6-14(15)21-11/h3-7,9,18H,8H2,1-2H3/t9-/m0/s1. The summed E-state index contributed by atoms with van der Waals surface area (Å²) >= 11 is 7.34. The van der Waals surface area contributed by atoms with Crippen molar-refractivity contribution in [3.63, 3.8) is 0 Å². The van der Waals surface area contributed by atoms with Crippen molar-refractivity contribution >= 4 is 34.3 Å². The molecule has 0 radical (unpaired) electrons. The van der Waals surface area contributed by atoms with Crippen molar-refractivity contribution in [1.29, 1.82) is 0 Å². The number of halogens is 1. The number of hydrogen-bond donors (Lipinski definition) is 1. The number of nitrogens with zero attached hydrogens (tertiary/aromatic N) is 2. The van der Waals surface area contributed by atoms with Gasteiger partial charge in [0.2, 0.25) is 0 Å². The van der Waals surface area contributed by atoms with E-state index in [1.54, 1.807) is 37.1 Å². The van der Waals surface area contributed by atoms with Gasteiger partial charge >= 0.3 is 0 Å². The third kappa shape index (κ3) is 3.72. The number of rotatable bonds is 5. The zero-order valence-corrected chi connectivity index (χ0v) is 13.2. The quantitative estimate of drug-likeness (QED) is 0.666. The fourth-order valence-electron chi connectivity index (χ4n) is 2.02. The molecule has 2 rings (SSSR count). The molecule has 0 bridgehead atoms. The van der Waals surface area contributed by atoms with Crippen LogP contribution < -0.4 is 4.90 Å². The van der Waals surface area contributed by atoms with E-state index in [0.29, 0.717) is 22.1 Å². The van der Waals surface area contributed by atoms with E-state index in [1.165, 1.54) is 17.4 Å². The van der Waals surface area contributed by atoms with Crippen LogP contribution >= 0.6 is 22.9 Å². The summed E-state index contributed by atoms with van der Waals surface area (Å²) in [7, 11) is 1.79. The molecule has 0 amide bonds. The second-order valence-electron chi connectivity index (χ2n) is 4.74. The smallest absolute Gasteiger partial charge is 0.292 e. The molecule has 0 fully saturated rings. The van der Waals surface area contributed by atoms with Gasteiger partial charge in [0.1, 0.15) is 5.69 Å². The van der Waals surface area contributed by atoms with Gasteiger partial charge in [-0.1, -0.05) is 17.7 Å². The largest absolute Gasteiger partial charge is 0.389 e. The Balaban J connectivity index is 2.31. The van der Waals surface area contributed by atoms with E-state index in [-0.39, 0.29) is 5.69 Å². The number of aliphatic hydroxyl groups is 1. The van der Waals surface area contributed by atoms with E-state index >= 15 is 0 Å². The SMILES string of the molecule is C[C@H](O)c1ccc(N(C)Cc2ccc(Cl)s2)c([N+](=O)[O-])c1. The number of thiophene rings is 1. The highest BCUT2D eigenvalue weighted by Crippen LogP contribution is 2.32. The predicted molar refractivity (Wildman–Crippen MR) is 85.2 cm³/mol. The minimum Gasteiger partial charge on any atom is -0.389 e. The third-order valence-corrected chi connectivity index (χ3v) is 4.33. The number of anilines is 1. The van der Waals surface area contributed by atoms with Gasteiger partial charge in [-0.2, -0.15) is 0 Å². The van der Waals surface area contributed by atoms with Crippen LogP contribution in [0.25, 0.3) is 0 Å². The van der Waals surface area contributed by atoms with E-state index in [9.17, 15) is 15.2 Å². The van der Waals surface area contributed by atoms with Gasteiger partial charge in [0.15, 0.2) is 0 Å². The molecule has 1 aromatic carbocycles. The Morgan fingerprint density at radius 1 is 1.43 bits per heavy atom. The minimum atomic E-state index is -0.737. The molecule has 112 valence electrons. The summed E-state index contributed by atoms with van der Waals surface area (Å²) in [5, 5.41) is 20.8. The Kier molecular flexibility index (Phi) is 4.82. The highest BCUT2D eigenvalue weighted by Gasteiger charge is 2.19. The molecule has 0 saturated carbocycles. The maximum absolute atomic E-state index is 11.2. The number of benzene rings is 1. The summed E-state index contributed by atoms with van der Waals surface area (Å²) in [5.41, 5.74) is 1.02. The van der Waals surface area contributed by atoms with E-state index in [2.05, 4.69) is 0 Å². The van der Waals surface area contributed by atoms with Crippen LogP contribution in [0.2, 0.25) is 4.34 Å². The molecule has 0 aliphatic heterocycles. The van der Waals surface area contributed by atoms with Gasteiger partial charge in [-0.3, -0.25) is 10.1 Å². The predicted octanol–water partition coefficient (Wildman–Crippen LogP) is 4.00. The molecule has 1 aromatic heterocycles. The first kappa shape index (κ1) is 15.8. The van der Waals surface area contributed by atoms with Crippen LogP contribution in [0, 0.1) is 10.1 Å². The number of aliphatic hydroxyl groups excluding tert-OH is 1. The first-order valence-electron chi connectivity index (χ1n) is 6.30. The molecule has 1 N–H and O–H groups in total. The highest BCUT2D eigenvalue weighted by molar-refractivity contribution is 7.16. The number of nitro benzene ring substituents is 1. The summed E-state index contributed by atoms with van der Waals surface area (Å²) in [6.07, 6.45) is -0.737. The highest BCUT2D eigenvalue weighted by atomic mass is 35.5. The summed E-state index contributed by atoms with van der Waals surface area (Å²) in [6.45, 7) is 2.11. The molecule has 0 saturated heterocycles. The molecule has 21 heavy (non-hydrogen) atoms. The van der Waals surface area contributed by atoms with E-state index in [0.717, 1.165) is 4.88 Å². The average Bonchev–Trinajstić information content (AvgIpc) is 2.83. The average molecular weight is 327 g/mol. The Hall–Kier alpha value is -1.63. The molecule has 0 aliphatic carbocycles. The van der Waals surface area contributed by atoms with Crippen LogP contribution in [0.3, 0.4) is 0 Å². The van der Waals surface area contributed by atoms with E-state index in [4.69, 9.17) is 11.6 Å². The number of hydrogen-bond acceptors (Lipinski definition) is 5. The van der Waals surface area contributed by atoms with Crippen molar-refractivity contribution in [2.75, 3.05) is 11.9 Å². The fraction of sp³-hybridized carbons (Fsp3) is 0.286. The summed E-state index contributed by atoms with van der Waals surface area (Å²) in [6, 6.07) is 8.48. The zero-order chi connectivity index (χ0) is 15.6. The Morgan fingerprint density at radius 3 is 2.67 bits per heavy atom. The van der Waals surface area contributed by atoms with Crippen LogP contribution in [0.15, 0.2) is 30.3 Å². The van der Waals surface area contributed by atoms with E-state index in [1.807, 2.05) is 6.07 Å². The first-order chi connectivity index (χ1) is 9.88. The van der Waals surface area contributed by atoms with Crippen molar-refractivity contribution in [3.05, 3.63) is 55.2 Å². The van der Waals surface area contributed by atoms with Crippen LogP contribution in [0.5, 0.6) is 0 Å². The fourth-order valence-corrected chi connectivity index (χ4v) is 3.17. The third-order valence-electron chi connectivity index (χ3n) is 3.11. The van der Waals surface area contributed by atoms with E-state index < -0.39 is 11.0 Å². The van der Waals surface area contributed by atoms with Crippen molar-refractivity contribution < 1.29 is 10.0 Å². The Labute approximate surface area is 131 Å². The molecule has 1 heterocycles. The molecule has 0 unspecified atom stereocenters. The van der Waals surface area contributed by atoms with Crippen LogP contribution in [-0.2, 0) is 6.54 Å².